The van der Waals surface area contributed by atoms with Crippen LogP contribution in [0, 0.1) is 20.8 Å². The lowest BCUT2D eigenvalue weighted by Gasteiger charge is -2.26. The summed E-state index contributed by atoms with van der Waals surface area (Å²) in [5, 5.41) is 2.87. The van der Waals surface area contributed by atoms with Crippen molar-refractivity contribution in [2.24, 2.45) is 0 Å². The van der Waals surface area contributed by atoms with E-state index >= 15 is 0 Å². The van der Waals surface area contributed by atoms with Gasteiger partial charge in [0.1, 0.15) is 12.4 Å². The van der Waals surface area contributed by atoms with Gasteiger partial charge in [0.25, 0.3) is 15.9 Å². The van der Waals surface area contributed by atoms with Crippen molar-refractivity contribution < 1.29 is 17.9 Å². The zero-order valence-corrected chi connectivity index (χ0v) is 22.7. The minimum Gasteiger partial charge on any atom is -0.492 e. The molecule has 0 heterocycles. The standard InChI is InChI=1S/C31H32N2O4S/c1-23-13-15-28(16-14-23)38(35,36)33(22-26-9-5-4-6-10-26)30-12-8-7-11-29(30)31(34)32-17-18-37-27-20-24(2)19-25(3)21-27/h4-16,19-21H,17-18,22H2,1-3H3,(H,32,34). The summed E-state index contributed by atoms with van der Waals surface area (Å²) in [5.74, 6) is 0.372. The largest absolute Gasteiger partial charge is 0.492 e. The Morgan fingerprint density at radius 1 is 0.789 bits per heavy atom. The number of sulfonamides is 1. The summed E-state index contributed by atoms with van der Waals surface area (Å²) in [7, 11) is -3.97. The van der Waals surface area contributed by atoms with Gasteiger partial charge < -0.3 is 10.1 Å². The maximum absolute atomic E-state index is 13.9. The van der Waals surface area contributed by atoms with Gasteiger partial charge in [0.2, 0.25) is 0 Å². The fourth-order valence-corrected chi connectivity index (χ4v) is 5.69. The van der Waals surface area contributed by atoms with Gasteiger partial charge >= 0.3 is 0 Å². The molecule has 0 fully saturated rings. The van der Waals surface area contributed by atoms with Gasteiger partial charge in [0, 0.05) is 0 Å². The molecule has 0 unspecified atom stereocenters. The van der Waals surface area contributed by atoms with Crippen molar-refractivity contribution in [3.8, 4) is 5.75 Å². The van der Waals surface area contributed by atoms with Crippen molar-refractivity contribution in [2.75, 3.05) is 17.5 Å². The number of nitrogens with zero attached hydrogens (tertiary/aromatic N) is 1. The molecule has 6 nitrogen and oxygen atoms in total. The maximum Gasteiger partial charge on any atom is 0.264 e. The minimum atomic E-state index is -3.97. The number of ether oxygens (including phenoxy) is 1. The Balaban J connectivity index is 1.58. The molecule has 0 aliphatic rings. The van der Waals surface area contributed by atoms with E-state index in [0.717, 1.165) is 28.0 Å². The predicted octanol–water partition coefficient (Wildman–Crippen LogP) is 5.82. The molecule has 0 atom stereocenters. The zero-order valence-electron chi connectivity index (χ0n) is 21.8. The lowest BCUT2D eigenvalue weighted by atomic mass is 10.1. The van der Waals surface area contributed by atoms with E-state index in [1.165, 1.54) is 4.31 Å². The van der Waals surface area contributed by atoms with Gasteiger partial charge in [-0.2, -0.15) is 0 Å². The fourth-order valence-electron chi connectivity index (χ4n) is 4.21. The first-order valence-electron chi connectivity index (χ1n) is 12.5. The molecule has 4 aromatic rings. The van der Waals surface area contributed by atoms with E-state index in [9.17, 15) is 13.2 Å². The molecule has 0 aromatic heterocycles. The highest BCUT2D eigenvalue weighted by atomic mass is 32.2. The van der Waals surface area contributed by atoms with Crippen molar-refractivity contribution in [1.29, 1.82) is 0 Å². The predicted molar refractivity (Wildman–Crippen MR) is 151 cm³/mol. The summed E-state index contributed by atoms with van der Waals surface area (Å²) in [6, 6.07) is 28.8. The summed E-state index contributed by atoms with van der Waals surface area (Å²) in [6.07, 6.45) is 0. The van der Waals surface area contributed by atoms with Crippen molar-refractivity contribution >= 4 is 21.6 Å². The number of amides is 1. The van der Waals surface area contributed by atoms with Gasteiger partial charge in [-0.25, -0.2) is 8.42 Å². The van der Waals surface area contributed by atoms with Crippen molar-refractivity contribution in [2.45, 2.75) is 32.2 Å². The third-order valence-electron chi connectivity index (χ3n) is 6.05. The lowest BCUT2D eigenvalue weighted by molar-refractivity contribution is 0.0947. The van der Waals surface area contributed by atoms with Crippen LogP contribution in [0.4, 0.5) is 5.69 Å². The zero-order chi connectivity index (χ0) is 27.1. The lowest BCUT2D eigenvalue weighted by Crippen LogP contribution is -2.34. The molecule has 0 saturated carbocycles. The van der Waals surface area contributed by atoms with Crippen LogP contribution < -0.4 is 14.4 Å². The van der Waals surface area contributed by atoms with Gasteiger partial charge in [-0.05, 0) is 73.9 Å². The highest BCUT2D eigenvalue weighted by Crippen LogP contribution is 2.29. The molecule has 1 N–H and O–H groups in total. The summed E-state index contributed by atoms with van der Waals surface area (Å²) in [4.78, 5) is 13.4. The number of hydrogen-bond donors (Lipinski definition) is 1. The van der Waals surface area contributed by atoms with Crippen LogP contribution in [0.2, 0.25) is 0 Å². The third-order valence-corrected chi connectivity index (χ3v) is 7.82. The summed E-state index contributed by atoms with van der Waals surface area (Å²) in [6.45, 7) is 6.55. The SMILES string of the molecule is Cc1ccc(S(=O)(=O)N(Cc2ccccc2)c2ccccc2C(=O)NCCOc2cc(C)cc(C)c2)cc1. The summed E-state index contributed by atoms with van der Waals surface area (Å²) >= 11 is 0. The fraction of sp³-hybridized carbons (Fsp3) is 0.194. The number of hydrogen-bond acceptors (Lipinski definition) is 4. The molecule has 0 saturated heterocycles. The van der Waals surface area contributed by atoms with Gasteiger partial charge in [-0.1, -0.05) is 66.2 Å². The van der Waals surface area contributed by atoms with E-state index in [4.69, 9.17) is 4.74 Å². The monoisotopic (exact) mass is 528 g/mol. The number of anilines is 1. The van der Waals surface area contributed by atoms with Crippen molar-refractivity contribution in [3.63, 3.8) is 0 Å². The normalized spacial score (nSPS) is 11.1. The first-order chi connectivity index (χ1) is 18.2. The Morgan fingerprint density at radius 2 is 1.42 bits per heavy atom. The van der Waals surface area contributed by atoms with Gasteiger partial charge in [0.15, 0.2) is 0 Å². The quantitative estimate of drug-likeness (QED) is 0.263. The Morgan fingerprint density at radius 3 is 2.11 bits per heavy atom. The van der Waals surface area contributed by atoms with E-state index in [-0.39, 0.29) is 36.1 Å². The van der Waals surface area contributed by atoms with Crippen LogP contribution in [-0.4, -0.2) is 27.5 Å². The highest BCUT2D eigenvalue weighted by Gasteiger charge is 2.28. The van der Waals surface area contributed by atoms with E-state index in [1.54, 1.807) is 48.5 Å². The Hall–Kier alpha value is -4.10. The third kappa shape index (κ3) is 6.61. The average molecular weight is 529 g/mol. The number of aryl methyl sites for hydroxylation is 3. The Kier molecular flexibility index (Phi) is 8.48. The number of benzene rings is 4. The van der Waals surface area contributed by atoms with Crippen molar-refractivity contribution in [3.05, 3.63) is 125 Å². The first-order valence-corrected chi connectivity index (χ1v) is 13.9. The molecular formula is C31H32N2O4S. The molecule has 0 radical (unpaired) electrons. The molecule has 38 heavy (non-hydrogen) atoms. The Labute approximate surface area is 225 Å². The van der Waals surface area contributed by atoms with Crippen LogP contribution in [0.5, 0.6) is 5.75 Å². The number of carbonyl (C=O) groups is 1. The number of carbonyl (C=O) groups excluding carboxylic acids is 1. The Bertz CT molecular complexity index is 1480. The number of para-hydroxylation sites is 1. The second kappa shape index (κ2) is 12.0. The second-order valence-corrected chi connectivity index (χ2v) is 11.1. The van der Waals surface area contributed by atoms with Crippen LogP contribution in [0.25, 0.3) is 0 Å². The minimum absolute atomic E-state index is 0.0805. The molecule has 1 amide bonds. The highest BCUT2D eigenvalue weighted by molar-refractivity contribution is 7.92. The summed E-state index contributed by atoms with van der Waals surface area (Å²) in [5.41, 5.74) is 4.55. The van der Waals surface area contributed by atoms with Gasteiger partial charge in [-0.3, -0.25) is 9.10 Å². The van der Waals surface area contributed by atoms with E-state index in [2.05, 4.69) is 11.4 Å². The van der Waals surface area contributed by atoms with Gasteiger partial charge in [-0.15, -0.1) is 0 Å². The van der Waals surface area contributed by atoms with E-state index < -0.39 is 10.0 Å². The topological polar surface area (TPSA) is 75.7 Å². The molecule has 4 rings (SSSR count). The number of nitrogens with one attached hydrogen (secondary N) is 1. The summed E-state index contributed by atoms with van der Waals surface area (Å²) < 4.78 is 34.9. The molecule has 196 valence electrons. The second-order valence-electron chi connectivity index (χ2n) is 9.26. The van der Waals surface area contributed by atoms with Crippen LogP contribution >= 0.6 is 0 Å². The van der Waals surface area contributed by atoms with Crippen molar-refractivity contribution in [1.82, 2.24) is 5.32 Å². The van der Waals surface area contributed by atoms with Crippen LogP contribution in [0.15, 0.2) is 102 Å². The average Bonchev–Trinajstić information content (AvgIpc) is 2.90. The maximum atomic E-state index is 13.9. The van der Waals surface area contributed by atoms with Crippen LogP contribution in [0.3, 0.4) is 0 Å². The van der Waals surface area contributed by atoms with Gasteiger partial charge in [0.05, 0.1) is 29.2 Å². The first kappa shape index (κ1) is 26.9. The number of rotatable bonds is 10. The smallest absolute Gasteiger partial charge is 0.264 e. The van der Waals surface area contributed by atoms with Crippen LogP contribution in [-0.2, 0) is 16.6 Å². The molecule has 4 aromatic carbocycles. The molecule has 0 spiro atoms. The molecule has 0 bridgehead atoms. The van der Waals surface area contributed by atoms with E-state index in [1.807, 2.05) is 63.2 Å². The molecule has 0 aliphatic carbocycles. The molecule has 7 heteroatoms. The molecule has 0 aliphatic heterocycles. The molecular weight excluding hydrogens is 496 g/mol. The van der Waals surface area contributed by atoms with Crippen LogP contribution in [0.1, 0.15) is 32.6 Å². The van der Waals surface area contributed by atoms with E-state index in [0.29, 0.717) is 5.69 Å².